The smallest absolute Gasteiger partial charge is 0.241 e. The van der Waals surface area contributed by atoms with Crippen molar-refractivity contribution < 1.29 is 4.79 Å². The van der Waals surface area contributed by atoms with Crippen molar-refractivity contribution in [1.29, 1.82) is 0 Å². The molecule has 3 rings (SSSR count). The summed E-state index contributed by atoms with van der Waals surface area (Å²) in [5.74, 6) is 0.851. The summed E-state index contributed by atoms with van der Waals surface area (Å²) in [6.07, 6.45) is 2.64. The Labute approximate surface area is 111 Å². The predicted molar refractivity (Wildman–Crippen MR) is 74.0 cm³/mol. The zero-order valence-electron chi connectivity index (χ0n) is 10.9. The first-order chi connectivity index (χ1) is 9.24. The summed E-state index contributed by atoms with van der Waals surface area (Å²) in [6, 6.07) is 6.02. The first-order valence-electron chi connectivity index (χ1n) is 6.47. The maximum Gasteiger partial charge on any atom is 0.241 e. The van der Waals surface area contributed by atoms with E-state index in [0.29, 0.717) is 6.54 Å². The van der Waals surface area contributed by atoms with Gasteiger partial charge in [-0.3, -0.25) is 4.79 Å². The first kappa shape index (κ1) is 11.9. The minimum absolute atomic E-state index is 0.130. The fourth-order valence-corrected chi connectivity index (χ4v) is 2.14. The van der Waals surface area contributed by atoms with Crippen LogP contribution in [0.15, 0.2) is 24.5 Å². The van der Waals surface area contributed by atoms with Crippen molar-refractivity contribution in [2.75, 3.05) is 25.0 Å². The summed E-state index contributed by atoms with van der Waals surface area (Å²) >= 11 is 0. The number of benzene rings is 1. The predicted octanol–water partition coefficient (Wildman–Crippen LogP) is 1.58. The van der Waals surface area contributed by atoms with Gasteiger partial charge in [0.25, 0.3) is 0 Å². The van der Waals surface area contributed by atoms with Crippen LogP contribution in [0.2, 0.25) is 0 Å². The Balaban J connectivity index is 1.78. The van der Waals surface area contributed by atoms with Gasteiger partial charge in [-0.2, -0.15) is 0 Å². The fraction of sp³-hybridized carbons (Fsp3) is 0.357. The van der Waals surface area contributed by atoms with Gasteiger partial charge in [0.1, 0.15) is 12.1 Å². The van der Waals surface area contributed by atoms with Gasteiger partial charge in [-0.15, -0.1) is 0 Å². The van der Waals surface area contributed by atoms with E-state index in [9.17, 15) is 4.79 Å². The van der Waals surface area contributed by atoms with Crippen LogP contribution in [-0.2, 0) is 4.79 Å². The summed E-state index contributed by atoms with van der Waals surface area (Å²) in [4.78, 5) is 22.1. The highest BCUT2D eigenvalue weighted by Crippen LogP contribution is 2.20. The average molecular weight is 256 g/mol. The molecule has 0 bridgehead atoms. The molecule has 1 saturated heterocycles. The maximum atomic E-state index is 11.8. The highest BCUT2D eigenvalue weighted by Gasteiger charge is 2.19. The number of carbonyl (C=O) groups is 1. The highest BCUT2D eigenvalue weighted by molar-refractivity contribution is 5.91. The van der Waals surface area contributed by atoms with Gasteiger partial charge >= 0.3 is 0 Å². The van der Waals surface area contributed by atoms with Gasteiger partial charge < -0.3 is 10.2 Å². The van der Waals surface area contributed by atoms with Crippen LogP contribution in [0.5, 0.6) is 0 Å². The molecule has 1 aliphatic rings. The third-order valence-corrected chi connectivity index (χ3v) is 3.41. The van der Waals surface area contributed by atoms with Crippen molar-refractivity contribution in [3.05, 3.63) is 30.1 Å². The van der Waals surface area contributed by atoms with E-state index in [1.54, 1.807) is 0 Å². The van der Waals surface area contributed by atoms with Crippen LogP contribution < -0.4 is 5.32 Å². The number of amides is 1. The molecule has 19 heavy (non-hydrogen) atoms. The van der Waals surface area contributed by atoms with E-state index in [1.807, 2.05) is 30.0 Å². The Bertz CT molecular complexity index is 622. The molecule has 1 aromatic carbocycles. The van der Waals surface area contributed by atoms with Gasteiger partial charge in [0.15, 0.2) is 0 Å². The molecule has 0 spiro atoms. The number of likely N-dealkylation sites (tertiary alicyclic amines) is 1. The minimum Gasteiger partial charge on any atom is -0.360 e. The second-order valence-electron chi connectivity index (χ2n) is 4.83. The van der Waals surface area contributed by atoms with Crippen LogP contribution in [0.1, 0.15) is 12.0 Å². The number of anilines is 1. The molecule has 5 heteroatoms. The highest BCUT2D eigenvalue weighted by atomic mass is 16.2. The molecule has 1 amide bonds. The van der Waals surface area contributed by atoms with Gasteiger partial charge in [0.2, 0.25) is 5.91 Å². The monoisotopic (exact) mass is 256 g/mol. The van der Waals surface area contributed by atoms with Crippen molar-refractivity contribution in [3.63, 3.8) is 0 Å². The molecule has 1 aliphatic heterocycles. The lowest BCUT2D eigenvalue weighted by Crippen LogP contribution is -2.44. The van der Waals surface area contributed by atoms with Crippen molar-refractivity contribution in [3.8, 4) is 0 Å². The number of hydrogen-bond acceptors (Lipinski definition) is 4. The topological polar surface area (TPSA) is 58.1 Å². The summed E-state index contributed by atoms with van der Waals surface area (Å²) < 4.78 is 0. The van der Waals surface area contributed by atoms with E-state index in [2.05, 4.69) is 15.3 Å². The molecule has 1 N–H and O–H groups in total. The van der Waals surface area contributed by atoms with E-state index < -0.39 is 0 Å². The number of rotatable bonds is 3. The van der Waals surface area contributed by atoms with Crippen LogP contribution in [0.3, 0.4) is 0 Å². The first-order valence-corrected chi connectivity index (χ1v) is 6.47. The van der Waals surface area contributed by atoms with Crippen molar-refractivity contribution >= 4 is 22.6 Å². The summed E-state index contributed by atoms with van der Waals surface area (Å²) in [6.45, 7) is 4.08. The molecule has 98 valence electrons. The zero-order chi connectivity index (χ0) is 13.2. The van der Waals surface area contributed by atoms with Crippen LogP contribution in [0, 0.1) is 6.92 Å². The second kappa shape index (κ2) is 4.84. The lowest BCUT2D eigenvalue weighted by molar-refractivity contribution is -0.132. The molecular formula is C14H16N4O. The maximum absolute atomic E-state index is 11.8. The largest absolute Gasteiger partial charge is 0.360 e. The molecule has 1 fully saturated rings. The van der Waals surface area contributed by atoms with Crippen molar-refractivity contribution in [2.24, 2.45) is 0 Å². The van der Waals surface area contributed by atoms with Gasteiger partial charge in [-0.05, 0) is 31.0 Å². The molecule has 5 nitrogen and oxygen atoms in total. The number of hydrogen-bond donors (Lipinski definition) is 1. The minimum atomic E-state index is 0.130. The standard InChI is InChI=1S/C14H16N4O/c1-10-3-4-11-12(7-10)16-9-17-14(11)15-8-13(19)18-5-2-6-18/h3-4,7,9H,2,5-6,8H2,1H3,(H,15,16,17). The molecular weight excluding hydrogens is 240 g/mol. The number of aromatic nitrogens is 2. The number of fused-ring (bicyclic) bond motifs is 1. The van der Waals surface area contributed by atoms with Crippen molar-refractivity contribution in [1.82, 2.24) is 14.9 Å². The number of aryl methyl sites for hydroxylation is 1. The fourth-order valence-electron chi connectivity index (χ4n) is 2.14. The van der Waals surface area contributed by atoms with Gasteiger partial charge in [0.05, 0.1) is 12.1 Å². The van der Waals surface area contributed by atoms with Gasteiger partial charge in [-0.25, -0.2) is 9.97 Å². The lowest BCUT2D eigenvalue weighted by atomic mass is 10.1. The van der Waals surface area contributed by atoms with Crippen LogP contribution >= 0.6 is 0 Å². The van der Waals surface area contributed by atoms with E-state index in [1.165, 1.54) is 6.33 Å². The zero-order valence-corrected chi connectivity index (χ0v) is 10.9. The summed E-state index contributed by atoms with van der Waals surface area (Å²) in [7, 11) is 0. The number of nitrogens with one attached hydrogen (secondary N) is 1. The Morgan fingerprint density at radius 1 is 1.37 bits per heavy atom. The van der Waals surface area contributed by atoms with Crippen molar-refractivity contribution in [2.45, 2.75) is 13.3 Å². The Hall–Kier alpha value is -2.17. The van der Waals surface area contributed by atoms with Crippen LogP contribution in [-0.4, -0.2) is 40.4 Å². The quantitative estimate of drug-likeness (QED) is 0.906. The van der Waals surface area contributed by atoms with Gasteiger partial charge in [0, 0.05) is 18.5 Å². The molecule has 0 atom stereocenters. The normalized spacial score (nSPS) is 14.3. The van der Waals surface area contributed by atoms with Crippen LogP contribution in [0.25, 0.3) is 10.9 Å². The molecule has 0 saturated carbocycles. The molecule has 1 aromatic heterocycles. The molecule has 0 unspecified atom stereocenters. The second-order valence-corrected chi connectivity index (χ2v) is 4.83. The molecule has 0 aliphatic carbocycles. The van der Waals surface area contributed by atoms with E-state index >= 15 is 0 Å². The van der Waals surface area contributed by atoms with Crippen LogP contribution in [0.4, 0.5) is 5.82 Å². The van der Waals surface area contributed by atoms with E-state index in [4.69, 9.17) is 0 Å². The molecule has 0 radical (unpaired) electrons. The Kier molecular flexibility index (Phi) is 3.03. The SMILES string of the molecule is Cc1ccc2c(NCC(=O)N3CCC3)ncnc2c1. The Morgan fingerprint density at radius 3 is 2.95 bits per heavy atom. The number of carbonyl (C=O) groups excluding carboxylic acids is 1. The van der Waals surface area contributed by atoms with Gasteiger partial charge in [-0.1, -0.05) is 6.07 Å². The summed E-state index contributed by atoms with van der Waals surface area (Å²) in [5, 5.41) is 4.06. The average Bonchev–Trinajstić information content (AvgIpc) is 2.33. The Morgan fingerprint density at radius 2 is 2.21 bits per heavy atom. The van der Waals surface area contributed by atoms with E-state index in [-0.39, 0.29) is 5.91 Å². The molecule has 2 heterocycles. The number of nitrogens with zero attached hydrogens (tertiary/aromatic N) is 3. The molecule has 2 aromatic rings. The third-order valence-electron chi connectivity index (χ3n) is 3.41. The van der Waals surface area contributed by atoms with E-state index in [0.717, 1.165) is 41.8 Å². The summed E-state index contributed by atoms with van der Waals surface area (Å²) in [5.41, 5.74) is 2.06. The lowest BCUT2D eigenvalue weighted by Gasteiger charge is -2.31. The third kappa shape index (κ3) is 2.36.